The van der Waals surface area contributed by atoms with E-state index in [1.54, 1.807) is 0 Å². The monoisotopic (exact) mass is 306 g/mol. The molecule has 1 heterocycles. The van der Waals surface area contributed by atoms with Crippen molar-refractivity contribution in [2.75, 3.05) is 0 Å². The van der Waals surface area contributed by atoms with Gasteiger partial charge in [-0.15, -0.1) is 0 Å². The quantitative estimate of drug-likeness (QED) is 0.915. The van der Waals surface area contributed by atoms with Gasteiger partial charge in [-0.2, -0.15) is 0 Å². The largest absolute Gasteiger partial charge is 0.361 e. The Bertz CT molecular complexity index is 617. The van der Waals surface area contributed by atoms with E-state index in [1.165, 1.54) is 0 Å². The van der Waals surface area contributed by atoms with Crippen LogP contribution in [0, 0.1) is 13.8 Å². The molecule has 2 rings (SSSR count). The fourth-order valence-electron chi connectivity index (χ4n) is 2.32. The van der Waals surface area contributed by atoms with Crippen molar-refractivity contribution < 1.29 is 9.32 Å². The molecule has 5 heteroatoms. The summed E-state index contributed by atoms with van der Waals surface area (Å²) < 4.78 is 5.09. The number of aryl methyl sites for hydroxylation is 2. The minimum absolute atomic E-state index is 0.0116. The molecule has 1 amide bonds. The van der Waals surface area contributed by atoms with E-state index in [4.69, 9.17) is 16.1 Å². The molecule has 4 nitrogen and oxygen atoms in total. The fraction of sp³-hybridized carbons (Fsp3) is 0.375. The number of rotatable bonds is 5. The Morgan fingerprint density at radius 3 is 2.71 bits per heavy atom. The van der Waals surface area contributed by atoms with Crippen molar-refractivity contribution in [1.82, 2.24) is 10.5 Å². The lowest BCUT2D eigenvalue weighted by atomic mass is 10.1. The molecule has 0 bridgehead atoms. The number of carbonyl (C=O) groups excluding carboxylic acids is 1. The molecular weight excluding hydrogens is 288 g/mol. The topological polar surface area (TPSA) is 55.1 Å². The summed E-state index contributed by atoms with van der Waals surface area (Å²) in [4.78, 5) is 12.1. The van der Waals surface area contributed by atoms with Gasteiger partial charge in [0.15, 0.2) is 0 Å². The normalized spacial score (nSPS) is 12.2. The maximum absolute atomic E-state index is 12.1. The van der Waals surface area contributed by atoms with Gasteiger partial charge in [-0.05, 0) is 38.8 Å². The van der Waals surface area contributed by atoms with Crippen molar-refractivity contribution in [3.63, 3.8) is 0 Å². The lowest BCUT2D eigenvalue weighted by Gasteiger charge is -2.15. The number of hydrogen-bond donors (Lipinski definition) is 1. The van der Waals surface area contributed by atoms with Crippen LogP contribution in [0.1, 0.15) is 42.0 Å². The van der Waals surface area contributed by atoms with Crippen LogP contribution in [0.2, 0.25) is 5.02 Å². The van der Waals surface area contributed by atoms with Crippen molar-refractivity contribution in [3.05, 3.63) is 51.9 Å². The summed E-state index contributed by atoms with van der Waals surface area (Å²) in [5.41, 5.74) is 2.78. The van der Waals surface area contributed by atoms with E-state index in [-0.39, 0.29) is 11.9 Å². The maximum Gasteiger partial charge on any atom is 0.220 e. The zero-order valence-electron chi connectivity index (χ0n) is 12.4. The number of benzene rings is 1. The Morgan fingerprint density at radius 2 is 2.10 bits per heavy atom. The van der Waals surface area contributed by atoms with Crippen molar-refractivity contribution in [2.45, 2.75) is 39.7 Å². The van der Waals surface area contributed by atoms with E-state index < -0.39 is 0 Å². The second kappa shape index (κ2) is 6.76. The molecule has 1 atom stereocenters. The predicted octanol–water partition coefficient (Wildman–Crippen LogP) is 3.75. The summed E-state index contributed by atoms with van der Waals surface area (Å²) in [5, 5.41) is 7.52. The smallest absolute Gasteiger partial charge is 0.220 e. The van der Waals surface area contributed by atoms with Gasteiger partial charge in [-0.25, -0.2) is 0 Å². The van der Waals surface area contributed by atoms with Crippen LogP contribution in [0.4, 0.5) is 0 Å². The summed E-state index contributed by atoms with van der Waals surface area (Å²) in [6.07, 6.45) is 1.03. The molecule has 0 saturated carbocycles. The highest BCUT2D eigenvalue weighted by Gasteiger charge is 2.14. The molecule has 0 aliphatic rings. The van der Waals surface area contributed by atoms with E-state index in [9.17, 15) is 4.79 Å². The standard InChI is InChI=1S/C16H19ClN2O2/c1-10(14-6-4-5-7-15(14)17)18-16(20)9-8-13-11(2)19-21-12(13)3/h4-7,10H,8-9H2,1-3H3,(H,18,20). The number of halogens is 1. The predicted molar refractivity (Wildman–Crippen MR) is 82.3 cm³/mol. The number of hydrogen-bond acceptors (Lipinski definition) is 3. The van der Waals surface area contributed by atoms with E-state index in [2.05, 4.69) is 10.5 Å². The van der Waals surface area contributed by atoms with Gasteiger partial charge in [-0.3, -0.25) is 4.79 Å². The molecule has 112 valence electrons. The Kier molecular flexibility index (Phi) is 5.02. The highest BCUT2D eigenvalue weighted by atomic mass is 35.5. The molecule has 0 spiro atoms. The molecule has 0 aliphatic heterocycles. The van der Waals surface area contributed by atoms with Crippen molar-refractivity contribution in [3.8, 4) is 0 Å². The Morgan fingerprint density at radius 1 is 1.38 bits per heavy atom. The van der Waals surface area contributed by atoms with Crippen LogP contribution in [0.3, 0.4) is 0 Å². The molecule has 0 radical (unpaired) electrons. The lowest BCUT2D eigenvalue weighted by Crippen LogP contribution is -2.27. The van der Waals surface area contributed by atoms with E-state index in [1.807, 2.05) is 45.0 Å². The van der Waals surface area contributed by atoms with Gasteiger partial charge in [0.2, 0.25) is 5.91 Å². The summed E-state index contributed by atoms with van der Waals surface area (Å²) in [5.74, 6) is 0.766. The van der Waals surface area contributed by atoms with Gasteiger partial charge in [0.05, 0.1) is 11.7 Å². The summed E-state index contributed by atoms with van der Waals surface area (Å²) in [6, 6.07) is 7.41. The lowest BCUT2D eigenvalue weighted by molar-refractivity contribution is -0.121. The minimum Gasteiger partial charge on any atom is -0.361 e. The third-order valence-corrected chi connectivity index (χ3v) is 3.88. The average molecular weight is 307 g/mol. The van der Waals surface area contributed by atoms with E-state index >= 15 is 0 Å². The molecule has 0 aliphatic carbocycles. The van der Waals surface area contributed by atoms with Gasteiger partial charge in [0, 0.05) is 17.0 Å². The molecule has 1 N–H and O–H groups in total. The molecule has 0 saturated heterocycles. The van der Waals surface area contributed by atoms with Crippen molar-refractivity contribution in [2.24, 2.45) is 0 Å². The summed E-state index contributed by atoms with van der Waals surface area (Å²) in [7, 11) is 0. The Hall–Kier alpha value is -1.81. The molecule has 1 aromatic heterocycles. The molecule has 0 fully saturated rings. The number of aromatic nitrogens is 1. The maximum atomic E-state index is 12.1. The van der Waals surface area contributed by atoms with Crippen LogP contribution in [0.15, 0.2) is 28.8 Å². The number of nitrogens with one attached hydrogen (secondary N) is 1. The van der Waals surface area contributed by atoms with Crippen LogP contribution in [0.5, 0.6) is 0 Å². The van der Waals surface area contributed by atoms with E-state index in [0.29, 0.717) is 17.9 Å². The van der Waals surface area contributed by atoms with Crippen molar-refractivity contribution >= 4 is 17.5 Å². The van der Waals surface area contributed by atoms with Gasteiger partial charge >= 0.3 is 0 Å². The molecule has 2 aromatic rings. The first-order valence-corrected chi connectivity index (χ1v) is 7.32. The second-order valence-electron chi connectivity index (χ2n) is 5.11. The first-order chi connectivity index (χ1) is 9.99. The summed E-state index contributed by atoms with van der Waals surface area (Å²) >= 11 is 6.13. The molecule has 1 unspecified atom stereocenters. The van der Waals surface area contributed by atoms with Crippen LogP contribution in [-0.4, -0.2) is 11.1 Å². The second-order valence-corrected chi connectivity index (χ2v) is 5.52. The Labute approximate surface area is 129 Å². The fourth-order valence-corrected chi connectivity index (χ4v) is 2.61. The van der Waals surface area contributed by atoms with Gasteiger partial charge in [0.25, 0.3) is 0 Å². The SMILES string of the molecule is Cc1noc(C)c1CCC(=O)NC(C)c1ccccc1Cl. The first kappa shape index (κ1) is 15.6. The van der Waals surface area contributed by atoms with E-state index in [0.717, 1.165) is 22.6 Å². The highest BCUT2D eigenvalue weighted by Crippen LogP contribution is 2.22. The molecular formula is C16H19ClN2O2. The van der Waals surface area contributed by atoms with Gasteiger partial charge in [0.1, 0.15) is 5.76 Å². The zero-order valence-corrected chi connectivity index (χ0v) is 13.2. The van der Waals surface area contributed by atoms with Crippen molar-refractivity contribution in [1.29, 1.82) is 0 Å². The third kappa shape index (κ3) is 3.85. The highest BCUT2D eigenvalue weighted by molar-refractivity contribution is 6.31. The minimum atomic E-state index is -0.115. The Balaban J connectivity index is 1.92. The van der Waals surface area contributed by atoms with Crippen LogP contribution in [-0.2, 0) is 11.2 Å². The van der Waals surface area contributed by atoms with Crippen LogP contribution >= 0.6 is 11.6 Å². The van der Waals surface area contributed by atoms with Crippen LogP contribution in [0.25, 0.3) is 0 Å². The van der Waals surface area contributed by atoms with Gasteiger partial charge < -0.3 is 9.84 Å². The average Bonchev–Trinajstić information content (AvgIpc) is 2.76. The number of amides is 1. The first-order valence-electron chi connectivity index (χ1n) is 6.94. The molecule has 21 heavy (non-hydrogen) atoms. The number of nitrogens with zero attached hydrogens (tertiary/aromatic N) is 1. The number of carbonyl (C=O) groups is 1. The third-order valence-electron chi connectivity index (χ3n) is 3.53. The van der Waals surface area contributed by atoms with Crippen LogP contribution < -0.4 is 5.32 Å². The summed E-state index contributed by atoms with van der Waals surface area (Å²) in [6.45, 7) is 5.67. The molecule has 1 aromatic carbocycles. The van der Waals surface area contributed by atoms with Gasteiger partial charge in [-0.1, -0.05) is 35.0 Å². The zero-order chi connectivity index (χ0) is 15.4.